The molecular weight excluding hydrogens is 502 g/mol. The fourth-order valence-electron chi connectivity index (χ4n) is 5.44. The van der Waals surface area contributed by atoms with Crippen molar-refractivity contribution in [2.45, 2.75) is 32.4 Å². The normalized spacial score (nSPS) is 17.7. The lowest BCUT2D eigenvalue weighted by Gasteiger charge is -2.30. The number of methoxy groups -OCH3 is 1. The summed E-state index contributed by atoms with van der Waals surface area (Å²) in [4.78, 5) is 23.2. The first-order valence-electron chi connectivity index (χ1n) is 12.7. The molecule has 5 rings (SSSR count). The second-order valence-electron chi connectivity index (χ2n) is 10.2. The first-order chi connectivity index (χ1) is 18.1. The number of ether oxygens (including phenoxy) is 1. The van der Waals surface area contributed by atoms with Crippen LogP contribution in [-0.2, 0) is 0 Å². The van der Waals surface area contributed by atoms with E-state index in [-0.39, 0.29) is 11.9 Å². The number of hydrogen-bond acceptors (Lipinski definition) is 7. The third kappa shape index (κ3) is 4.30. The van der Waals surface area contributed by atoms with Gasteiger partial charge in [0.2, 0.25) is 0 Å². The van der Waals surface area contributed by atoms with Gasteiger partial charge in [0.05, 0.1) is 29.9 Å². The minimum atomic E-state index is -0.440. The van der Waals surface area contributed by atoms with E-state index in [1.54, 1.807) is 25.1 Å². The molecule has 1 amide bonds. The molecule has 0 aliphatic carbocycles. The maximum Gasteiger partial charge on any atom is 0.279 e. The molecule has 0 saturated carbocycles. The van der Waals surface area contributed by atoms with E-state index in [0.717, 1.165) is 42.2 Å². The lowest BCUT2D eigenvalue weighted by atomic mass is 10.0. The van der Waals surface area contributed by atoms with Gasteiger partial charge in [0.25, 0.3) is 5.91 Å². The quantitative estimate of drug-likeness (QED) is 0.272. The van der Waals surface area contributed by atoms with Crippen molar-refractivity contribution in [3.8, 4) is 5.75 Å². The van der Waals surface area contributed by atoms with Crippen molar-refractivity contribution in [1.82, 2.24) is 14.5 Å². The van der Waals surface area contributed by atoms with E-state index >= 15 is 0 Å². The highest BCUT2D eigenvalue weighted by Crippen LogP contribution is 2.47. The van der Waals surface area contributed by atoms with Gasteiger partial charge in [-0.05, 0) is 51.1 Å². The number of nitrogens with two attached hydrogens (primary N) is 2. The summed E-state index contributed by atoms with van der Waals surface area (Å²) in [5.41, 5.74) is 11.2. The number of carbonyl (C=O) groups excluding carboxylic acids is 1. The summed E-state index contributed by atoms with van der Waals surface area (Å²) >= 11 is 6.25. The lowest BCUT2D eigenvalue weighted by molar-refractivity contribution is 0.0989. The lowest BCUT2D eigenvalue weighted by Crippen LogP contribution is -2.32. The number of anilines is 3. The fraction of sp³-hybridized carbons (Fsp3) is 0.357. The second-order valence-corrected chi connectivity index (χ2v) is 10.6. The first-order valence-corrected chi connectivity index (χ1v) is 13.0. The van der Waals surface area contributed by atoms with Gasteiger partial charge in [0.15, 0.2) is 5.69 Å². The van der Waals surface area contributed by atoms with E-state index in [9.17, 15) is 4.79 Å². The number of aromatic nitrogens is 2. The third-order valence-electron chi connectivity index (χ3n) is 7.20. The Morgan fingerprint density at radius 3 is 2.53 bits per heavy atom. The molecule has 0 fully saturated rings. The number of likely N-dealkylation sites (N-methyl/N-ethyl adjacent to an activating group) is 1. The zero-order valence-electron chi connectivity index (χ0n) is 22.4. The summed E-state index contributed by atoms with van der Waals surface area (Å²) in [7, 11) is 5.34. The van der Waals surface area contributed by atoms with Crippen molar-refractivity contribution < 1.29 is 9.53 Å². The molecule has 200 valence electrons. The van der Waals surface area contributed by atoms with Crippen LogP contribution in [0.25, 0.3) is 5.57 Å². The Kier molecular flexibility index (Phi) is 6.85. The molecule has 0 spiro atoms. The number of fused-ring (bicyclic) bond motifs is 1. The Morgan fingerprint density at radius 2 is 1.92 bits per heavy atom. The summed E-state index contributed by atoms with van der Waals surface area (Å²) in [6.07, 6.45) is 3.19. The molecule has 10 heteroatoms. The number of halogens is 1. The van der Waals surface area contributed by atoms with Gasteiger partial charge in [-0.25, -0.2) is 10.8 Å². The predicted molar refractivity (Wildman–Crippen MR) is 153 cm³/mol. The van der Waals surface area contributed by atoms with Crippen molar-refractivity contribution >= 4 is 40.1 Å². The van der Waals surface area contributed by atoms with E-state index in [2.05, 4.69) is 36.4 Å². The van der Waals surface area contributed by atoms with Crippen molar-refractivity contribution in [3.05, 3.63) is 70.3 Å². The summed E-state index contributed by atoms with van der Waals surface area (Å²) in [6.45, 7) is 6.03. The number of carbonyl (C=O) groups is 1. The Labute approximate surface area is 228 Å². The van der Waals surface area contributed by atoms with Crippen LogP contribution in [-0.4, -0.2) is 54.7 Å². The van der Waals surface area contributed by atoms with E-state index in [0.29, 0.717) is 33.5 Å². The average molecular weight is 536 g/mol. The Balaban J connectivity index is 1.75. The summed E-state index contributed by atoms with van der Waals surface area (Å²) in [5, 5.41) is 2.04. The molecule has 1 aromatic heterocycles. The first kappa shape index (κ1) is 26.1. The standard InChI is InChI=1S/C28H34ClN7O2/c1-16(2)35-26-24(32-27(35)18-7-6-12-33(3)15-18)28(37)36(25(26)17-8-10-19(29)11-9-17)20-13-21(34(4)31)23(30)22(14-20)38-5/h7-11,13-14,16,25H,6,12,15,30-31H2,1-5H3. The van der Waals surface area contributed by atoms with Gasteiger partial charge in [0, 0.05) is 42.8 Å². The van der Waals surface area contributed by atoms with Crippen LogP contribution in [0.1, 0.15) is 59.9 Å². The highest BCUT2D eigenvalue weighted by atomic mass is 35.5. The number of nitrogens with zero attached hydrogens (tertiary/aromatic N) is 5. The van der Waals surface area contributed by atoms with Gasteiger partial charge in [-0.2, -0.15) is 0 Å². The maximum atomic E-state index is 14.2. The van der Waals surface area contributed by atoms with Crippen LogP contribution in [0.15, 0.2) is 42.5 Å². The molecule has 38 heavy (non-hydrogen) atoms. The number of imidazole rings is 1. The zero-order valence-corrected chi connectivity index (χ0v) is 23.2. The molecule has 3 heterocycles. The molecule has 2 aromatic carbocycles. The van der Waals surface area contributed by atoms with Gasteiger partial charge in [-0.15, -0.1) is 0 Å². The Morgan fingerprint density at radius 1 is 1.21 bits per heavy atom. The van der Waals surface area contributed by atoms with E-state index in [1.807, 2.05) is 30.3 Å². The molecule has 3 aromatic rings. The van der Waals surface area contributed by atoms with Crippen molar-refractivity contribution in [2.75, 3.05) is 49.9 Å². The molecule has 1 atom stereocenters. The molecule has 4 N–H and O–H groups in total. The summed E-state index contributed by atoms with van der Waals surface area (Å²) in [6, 6.07) is 10.8. The topological polar surface area (TPSA) is 106 Å². The third-order valence-corrected chi connectivity index (χ3v) is 7.45. The fourth-order valence-corrected chi connectivity index (χ4v) is 5.56. The second kappa shape index (κ2) is 9.98. The maximum absolute atomic E-state index is 14.2. The minimum Gasteiger partial charge on any atom is -0.494 e. The smallest absolute Gasteiger partial charge is 0.279 e. The van der Waals surface area contributed by atoms with Crippen LogP contribution < -0.4 is 26.2 Å². The predicted octanol–water partition coefficient (Wildman–Crippen LogP) is 4.49. The number of rotatable bonds is 6. The van der Waals surface area contributed by atoms with E-state index < -0.39 is 6.04 Å². The van der Waals surface area contributed by atoms with Gasteiger partial charge >= 0.3 is 0 Å². The number of hydrogen-bond donors (Lipinski definition) is 2. The van der Waals surface area contributed by atoms with Crippen LogP contribution in [0.2, 0.25) is 5.02 Å². The Hall–Kier alpha value is -3.53. The number of amides is 1. The van der Waals surface area contributed by atoms with Gasteiger partial charge < -0.3 is 24.9 Å². The van der Waals surface area contributed by atoms with Crippen molar-refractivity contribution in [3.63, 3.8) is 0 Å². The molecule has 9 nitrogen and oxygen atoms in total. The van der Waals surface area contributed by atoms with Gasteiger partial charge in [0.1, 0.15) is 17.6 Å². The van der Waals surface area contributed by atoms with Gasteiger partial charge in [-0.1, -0.05) is 29.8 Å². The van der Waals surface area contributed by atoms with Crippen LogP contribution in [0, 0.1) is 0 Å². The summed E-state index contributed by atoms with van der Waals surface area (Å²) < 4.78 is 7.77. The highest BCUT2D eigenvalue weighted by molar-refractivity contribution is 6.30. The molecular formula is C28H34ClN7O2. The zero-order chi connectivity index (χ0) is 27.3. The molecule has 2 aliphatic rings. The molecule has 1 unspecified atom stereocenters. The molecule has 0 radical (unpaired) electrons. The number of benzene rings is 2. The van der Waals surface area contributed by atoms with E-state index in [4.69, 9.17) is 32.9 Å². The highest BCUT2D eigenvalue weighted by Gasteiger charge is 2.45. The summed E-state index contributed by atoms with van der Waals surface area (Å²) in [5.74, 6) is 7.19. The van der Waals surface area contributed by atoms with Crippen LogP contribution in [0.4, 0.5) is 17.1 Å². The molecule has 2 aliphatic heterocycles. The molecule has 0 bridgehead atoms. The largest absolute Gasteiger partial charge is 0.494 e. The molecule has 0 saturated heterocycles. The number of nitrogen functional groups attached to an aromatic ring is 1. The minimum absolute atomic E-state index is 0.0728. The van der Waals surface area contributed by atoms with Crippen LogP contribution >= 0.6 is 11.6 Å². The monoisotopic (exact) mass is 535 g/mol. The SMILES string of the molecule is COc1cc(N2C(=O)c3nc(C4=CCCN(C)C4)n(C(C)C)c3C2c2ccc(Cl)cc2)cc(N(C)N)c1N. The van der Waals surface area contributed by atoms with Gasteiger partial charge in [-0.3, -0.25) is 9.69 Å². The average Bonchev–Trinajstić information content (AvgIpc) is 3.40. The van der Waals surface area contributed by atoms with Crippen LogP contribution in [0.5, 0.6) is 5.75 Å². The van der Waals surface area contributed by atoms with Crippen LogP contribution in [0.3, 0.4) is 0 Å². The van der Waals surface area contributed by atoms with Crippen molar-refractivity contribution in [1.29, 1.82) is 0 Å². The van der Waals surface area contributed by atoms with E-state index in [1.165, 1.54) is 5.01 Å². The Bertz CT molecular complexity index is 1410. The van der Waals surface area contributed by atoms with Crippen molar-refractivity contribution in [2.24, 2.45) is 5.84 Å². The number of hydrazine groups is 1.